The second-order valence-corrected chi connectivity index (χ2v) is 11.3. The summed E-state index contributed by atoms with van der Waals surface area (Å²) >= 11 is 3.67. The molecule has 5 heteroatoms. The van der Waals surface area contributed by atoms with Crippen LogP contribution in [0.1, 0.15) is 0 Å². The normalized spacial score (nSPS) is 12.4. The van der Waals surface area contributed by atoms with Gasteiger partial charge in [0.2, 0.25) is 0 Å². The van der Waals surface area contributed by atoms with Gasteiger partial charge in [0.1, 0.15) is 5.52 Å². The molecule has 0 aliphatic rings. The molecule has 0 unspecified atom stereocenters. The van der Waals surface area contributed by atoms with Gasteiger partial charge >= 0.3 is 6.01 Å². The van der Waals surface area contributed by atoms with Gasteiger partial charge in [0.25, 0.3) is 0 Å². The number of hydrogen-bond donors (Lipinski definition) is 0. The van der Waals surface area contributed by atoms with E-state index in [1.165, 1.54) is 51.1 Å². The largest absolute Gasteiger partial charge is 0.423 e. The number of thiophene rings is 2. The summed E-state index contributed by atoms with van der Waals surface area (Å²) in [5, 5.41) is 7.50. The second-order valence-electron chi connectivity index (χ2n) is 9.17. The Kier molecular flexibility index (Phi) is 3.56. The molecule has 0 N–H and O–H groups in total. The van der Waals surface area contributed by atoms with Crippen molar-refractivity contribution in [3.63, 3.8) is 0 Å². The van der Waals surface area contributed by atoms with Crippen LogP contribution >= 0.6 is 22.7 Å². The fraction of sp³-hybridized carbons (Fsp3) is 0. The molecule has 0 saturated heterocycles. The Morgan fingerprint density at radius 2 is 1.31 bits per heavy atom. The first-order valence-corrected chi connectivity index (χ1v) is 13.5. The molecule has 9 rings (SSSR count). The Balaban J connectivity index is 1.43. The summed E-state index contributed by atoms with van der Waals surface area (Å²) in [4.78, 5) is 5.14. The van der Waals surface area contributed by atoms with Crippen LogP contribution < -0.4 is 0 Å². The van der Waals surface area contributed by atoms with Gasteiger partial charge in [-0.2, -0.15) is 4.98 Å². The van der Waals surface area contributed by atoms with Crippen LogP contribution in [0.5, 0.6) is 0 Å². The van der Waals surface area contributed by atoms with Crippen molar-refractivity contribution in [3.8, 4) is 6.01 Å². The summed E-state index contributed by atoms with van der Waals surface area (Å²) in [6.07, 6.45) is 0. The molecule has 3 nitrogen and oxygen atoms in total. The number of nitrogens with zero attached hydrogens (tertiary/aromatic N) is 2. The van der Waals surface area contributed by atoms with Crippen LogP contribution in [0.3, 0.4) is 0 Å². The number of aromatic nitrogens is 2. The SMILES string of the molecule is c1ccc2c(c1)sc1c2ccc2c1c1ccccc1n2-c1nc2c(ccc3sc4ccccc4c32)o1. The van der Waals surface area contributed by atoms with E-state index in [1.807, 2.05) is 11.3 Å². The molecule has 0 fully saturated rings. The van der Waals surface area contributed by atoms with Gasteiger partial charge in [-0.25, -0.2) is 0 Å². The zero-order valence-electron chi connectivity index (χ0n) is 18.9. The van der Waals surface area contributed by atoms with Crippen LogP contribution in [-0.2, 0) is 0 Å². The lowest BCUT2D eigenvalue weighted by Gasteiger charge is -2.01. The van der Waals surface area contributed by atoms with Crippen molar-refractivity contribution in [1.29, 1.82) is 0 Å². The van der Waals surface area contributed by atoms with Gasteiger partial charge in [-0.15, -0.1) is 22.7 Å². The maximum absolute atomic E-state index is 6.49. The molecule has 5 aromatic carbocycles. The average molecular weight is 497 g/mol. The zero-order chi connectivity index (χ0) is 23.4. The maximum Gasteiger partial charge on any atom is 0.307 e. The third-order valence-electron chi connectivity index (χ3n) is 7.26. The summed E-state index contributed by atoms with van der Waals surface area (Å²) in [5.41, 5.74) is 3.97. The minimum absolute atomic E-state index is 0.611. The number of oxazole rings is 1. The smallest absolute Gasteiger partial charge is 0.307 e. The van der Waals surface area contributed by atoms with Gasteiger partial charge in [-0.1, -0.05) is 60.7 Å². The number of rotatable bonds is 1. The Labute approximate surface area is 212 Å². The predicted molar refractivity (Wildman–Crippen MR) is 154 cm³/mol. The molecule has 4 heterocycles. The average Bonchev–Trinajstić information content (AvgIpc) is 3.67. The molecule has 0 aliphatic heterocycles. The first-order valence-electron chi connectivity index (χ1n) is 11.9. The Morgan fingerprint density at radius 3 is 2.19 bits per heavy atom. The van der Waals surface area contributed by atoms with Crippen molar-refractivity contribution < 1.29 is 4.42 Å². The van der Waals surface area contributed by atoms with E-state index in [-0.39, 0.29) is 0 Å². The minimum Gasteiger partial charge on any atom is -0.423 e. The number of benzene rings is 5. The Bertz CT molecular complexity index is 2330. The number of fused-ring (bicyclic) bond motifs is 12. The standard InChI is InChI=1S/C31H16N2OS2/c1-4-10-21-19(8-1)27-22(14-13-18-17-7-2-5-11-24(17)36-30(18)27)33(21)31-32-29-23(34-31)15-16-26-28(29)20-9-3-6-12-25(20)35-26/h1-16H. The van der Waals surface area contributed by atoms with Crippen molar-refractivity contribution in [2.45, 2.75) is 0 Å². The molecule has 4 aromatic heterocycles. The monoisotopic (exact) mass is 496 g/mol. The molecule has 0 amide bonds. The molecule has 0 saturated carbocycles. The van der Waals surface area contributed by atoms with E-state index in [2.05, 4.69) is 102 Å². The number of hydrogen-bond acceptors (Lipinski definition) is 4. The molecule has 0 aliphatic carbocycles. The van der Waals surface area contributed by atoms with Crippen molar-refractivity contribution in [2.75, 3.05) is 0 Å². The van der Waals surface area contributed by atoms with E-state index in [1.54, 1.807) is 11.3 Å². The van der Waals surface area contributed by atoms with Crippen LogP contribution in [-0.4, -0.2) is 9.55 Å². The highest BCUT2D eigenvalue weighted by atomic mass is 32.1. The Hall–Kier alpha value is -4.19. The molecule has 0 bridgehead atoms. The van der Waals surface area contributed by atoms with Crippen molar-refractivity contribution in [3.05, 3.63) is 97.1 Å². The van der Waals surface area contributed by atoms with E-state index in [9.17, 15) is 0 Å². The van der Waals surface area contributed by atoms with Crippen LogP contribution in [0, 0.1) is 0 Å². The lowest BCUT2D eigenvalue weighted by atomic mass is 10.1. The number of para-hydroxylation sites is 1. The highest BCUT2D eigenvalue weighted by Gasteiger charge is 2.21. The van der Waals surface area contributed by atoms with Gasteiger partial charge in [0.15, 0.2) is 5.58 Å². The van der Waals surface area contributed by atoms with E-state index < -0.39 is 0 Å². The van der Waals surface area contributed by atoms with Crippen molar-refractivity contribution >= 4 is 95.9 Å². The maximum atomic E-state index is 6.49. The lowest BCUT2D eigenvalue weighted by molar-refractivity contribution is 0.574. The Morgan fingerprint density at radius 1 is 0.556 bits per heavy atom. The molecular weight excluding hydrogens is 480 g/mol. The summed E-state index contributed by atoms with van der Waals surface area (Å²) in [6, 6.07) is 35.1. The highest BCUT2D eigenvalue weighted by Crippen LogP contribution is 2.44. The fourth-order valence-corrected chi connectivity index (χ4v) is 8.09. The van der Waals surface area contributed by atoms with Crippen LogP contribution in [0.4, 0.5) is 0 Å². The first-order chi connectivity index (χ1) is 17.8. The summed E-state index contributed by atoms with van der Waals surface area (Å²) in [7, 11) is 0. The predicted octanol–water partition coefficient (Wildman–Crippen LogP) is 9.66. The lowest BCUT2D eigenvalue weighted by Crippen LogP contribution is -1.93. The summed E-state index contributed by atoms with van der Waals surface area (Å²) in [5.74, 6) is 0. The molecule has 9 aromatic rings. The van der Waals surface area contributed by atoms with Crippen molar-refractivity contribution in [2.24, 2.45) is 0 Å². The molecular formula is C31H16N2OS2. The van der Waals surface area contributed by atoms with Gasteiger partial charge in [0.05, 0.1) is 11.0 Å². The topological polar surface area (TPSA) is 31.0 Å². The van der Waals surface area contributed by atoms with E-state index in [0.717, 1.165) is 22.1 Å². The van der Waals surface area contributed by atoms with Crippen molar-refractivity contribution in [1.82, 2.24) is 9.55 Å². The molecule has 0 atom stereocenters. The second kappa shape index (κ2) is 6.72. The van der Waals surface area contributed by atoms with E-state index in [4.69, 9.17) is 9.40 Å². The minimum atomic E-state index is 0.611. The van der Waals surface area contributed by atoms with Gasteiger partial charge in [-0.3, -0.25) is 4.57 Å². The van der Waals surface area contributed by atoms with Gasteiger partial charge in [-0.05, 0) is 36.4 Å². The molecule has 0 radical (unpaired) electrons. The van der Waals surface area contributed by atoms with Gasteiger partial charge in [0, 0.05) is 51.1 Å². The van der Waals surface area contributed by atoms with Crippen LogP contribution in [0.2, 0.25) is 0 Å². The molecule has 168 valence electrons. The zero-order valence-corrected chi connectivity index (χ0v) is 20.5. The van der Waals surface area contributed by atoms with Crippen LogP contribution in [0.15, 0.2) is 101 Å². The highest BCUT2D eigenvalue weighted by molar-refractivity contribution is 7.27. The molecule has 36 heavy (non-hydrogen) atoms. The quantitative estimate of drug-likeness (QED) is 0.226. The summed E-state index contributed by atoms with van der Waals surface area (Å²) in [6.45, 7) is 0. The summed E-state index contributed by atoms with van der Waals surface area (Å²) < 4.78 is 13.8. The third kappa shape index (κ3) is 2.34. The first kappa shape index (κ1) is 19.1. The molecule has 0 spiro atoms. The van der Waals surface area contributed by atoms with Crippen LogP contribution in [0.25, 0.3) is 79.3 Å². The third-order valence-corrected chi connectivity index (χ3v) is 9.60. The van der Waals surface area contributed by atoms with E-state index >= 15 is 0 Å². The fourth-order valence-electron chi connectivity index (χ4n) is 5.73. The van der Waals surface area contributed by atoms with Gasteiger partial charge < -0.3 is 4.42 Å². The van der Waals surface area contributed by atoms with E-state index in [0.29, 0.717) is 6.01 Å².